The molecule has 7 nitrogen and oxygen atoms in total. The number of hydrogen-bond acceptors (Lipinski definition) is 5. The van der Waals surface area contributed by atoms with E-state index in [1.807, 2.05) is 0 Å². The van der Waals surface area contributed by atoms with Gasteiger partial charge in [-0.25, -0.2) is 9.69 Å². The SMILES string of the molecule is C=CCc1cc(/C=C2\C(=O)NC(=O)N(c3cccc(Cl)c3Cl)C2=O)cc(OC)c1O. The molecule has 0 aliphatic carbocycles. The largest absolute Gasteiger partial charge is 0.504 e. The quantitative estimate of drug-likeness (QED) is 0.409. The first-order valence-electron chi connectivity index (χ1n) is 8.64. The van der Waals surface area contributed by atoms with E-state index >= 15 is 0 Å². The maximum atomic E-state index is 13.0. The fourth-order valence-electron chi connectivity index (χ4n) is 2.95. The second-order valence-electron chi connectivity index (χ2n) is 6.25. The Balaban J connectivity index is 2.10. The monoisotopic (exact) mass is 446 g/mol. The molecule has 2 aromatic carbocycles. The Morgan fingerprint density at radius 2 is 1.97 bits per heavy atom. The van der Waals surface area contributed by atoms with Crippen LogP contribution >= 0.6 is 23.2 Å². The minimum Gasteiger partial charge on any atom is -0.504 e. The summed E-state index contributed by atoms with van der Waals surface area (Å²) in [6.07, 6.45) is 3.22. The Bertz CT molecular complexity index is 1110. The summed E-state index contributed by atoms with van der Waals surface area (Å²) in [5.74, 6) is -1.64. The Hall–Kier alpha value is -3.29. The first kappa shape index (κ1) is 21.4. The fourth-order valence-corrected chi connectivity index (χ4v) is 3.33. The number of phenols is 1. The van der Waals surface area contributed by atoms with Gasteiger partial charge >= 0.3 is 6.03 Å². The predicted molar refractivity (Wildman–Crippen MR) is 114 cm³/mol. The van der Waals surface area contributed by atoms with Crippen molar-refractivity contribution >= 4 is 52.8 Å². The summed E-state index contributed by atoms with van der Waals surface area (Å²) in [5, 5.41) is 12.5. The highest BCUT2D eigenvalue weighted by atomic mass is 35.5. The summed E-state index contributed by atoms with van der Waals surface area (Å²) in [6.45, 7) is 3.64. The van der Waals surface area contributed by atoms with Gasteiger partial charge < -0.3 is 9.84 Å². The molecular weight excluding hydrogens is 431 g/mol. The number of phenolic OH excluding ortho intramolecular Hbond substituents is 1. The van der Waals surface area contributed by atoms with E-state index in [1.54, 1.807) is 12.1 Å². The van der Waals surface area contributed by atoms with Gasteiger partial charge in [-0.3, -0.25) is 14.9 Å². The third kappa shape index (κ3) is 3.90. The standard InChI is InChI=1S/C21H16Cl2N2O5/c1-3-5-12-8-11(10-16(30-2)18(12)26)9-13-19(27)24-21(29)25(20(13)28)15-7-4-6-14(22)17(15)23/h3-4,6-10,26H,1,5H2,2H3,(H,24,27,29)/b13-9+. The van der Waals surface area contributed by atoms with Gasteiger partial charge in [0.15, 0.2) is 11.5 Å². The number of nitrogens with zero attached hydrogens (tertiary/aromatic N) is 1. The van der Waals surface area contributed by atoms with Gasteiger partial charge in [0.2, 0.25) is 0 Å². The number of benzene rings is 2. The van der Waals surface area contributed by atoms with Crippen molar-refractivity contribution in [3.63, 3.8) is 0 Å². The third-order valence-electron chi connectivity index (χ3n) is 4.35. The predicted octanol–water partition coefficient (Wildman–Crippen LogP) is 4.10. The van der Waals surface area contributed by atoms with Gasteiger partial charge in [-0.2, -0.15) is 0 Å². The number of hydrogen-bond donors (Lipinski definition) is 2. The minimum absolute atomic E-state index is 0.00376. The van der Waals surface area contributed by atoms with Crippen molar-refractivity contribution in [3.05, 3.63) is 69.7 Å². The molecule has 1 aliphatic heterocycles. The highest BCUT2D eigenvalue weighted by Crippen LogP contribution is 2.35. The molecule has 1 saturated heterocycles. The fraction of sp³-hybridized carbons (Fsp3) is 0.0952. The topological polar surface area (TPSA) is 95.9 Å². The molecule has 154 valence electrons. The number of aromatic hydroxyl groups is 1. The van der Waals surface area contributed by atoms with E-state index < -0.39 is 17.8 Å². The molecule has 0 bridgehead atoms. The van der Waals surface area contributed by atoms with Crippen molar-refractivity contribution < 1.29 is 24.2 Å². The summed E-state index contributed by atoms with van der Waals surface area (Å²) < 4.78 is 5.16. The highest BCUT2D eigenvalue weighted by molar-refractivity contribution is 6.46. The molecule has 0 aromatic heterocycles. The zero-order valence-electron chi connectivity index (χ0n) is 15.7. The number of imide groups is 2. The number of nitrogens with one attached hydrogen (secondary N) is 1. The van der Waals surface area contributed by atoms with Gasteiger partial charge in [0.1, 0.15) is 5.57 Å². The van der Waals surface area contributed by atoms with Crippen molar-refractivity contribution in [2.45, 2.75) is 6.42 Å². The summed E-state index contributed by atoms with van der Waals surface area (Å²) in [5.41, 5.74) is 0.640. The molecular formula is C21H16Cl2N2O5. The van der Waals surface area contributed by atoms with Crippen LogP contribution in [0.25, 0.3) is 6.08 Å². The van der Waals surface area contributed by atoms with Crippen LogP contribution in [0.15, 0.2) is 48.6 Å². The summed E-state index contributed by atoms with van der Waals surface area (Å²) in [7, 11) is 1.38. The summed E-state index contributed by atoms with van der Waals surface area (Å²) in [4.78, 5) is 38.5. The van der Waals surface area contributed by atoms with Crippen LogP contribution in [0.5, 0.6) is 11.5 Å². The maximum Gasteiger partial charge on any atom is 0.336 e. The van der Waals surface area contributed by atoms with E-state index in [-0.39, 0.29) is 32.8 Å². The second kappa shape index (κ2) is 8.61. The summed E-state index contributed by atoms with van der Waals surface area (Å²) in [6, 6.07) is 6.57. The smallest absolute Gasteiger partial charge is 0.336 e. The third-order valence-corrected chi connectivity index (χ3v) is 5.15. The molecule has 0 saturated carbocycles. The average Bonchev–Trinajstić information content (AvgIpc) is 2.70. The first-order chi connectivity index (χ1) is 14.3. The lowest BCUT2D eigenvalue weighted by Gasteiger charge is -2.27. The number of amides is 4. The number of barbiturate groups is 1. The van der Waals surface area contributed by atoms with Gasteiger partial charge in [0.05, 0.1) is 22.8 Å². The van der Waals surface area contributed by atoms with Crippen LogP contribution in [-0.4, -0.2) is 30.1 Å². The van der Waals surface area contributed by atoms with Gasteiger partial charge in [-0.1, -0.05) is 35.3 Å². The Labute approximate surface area is 182 Å². The molecule has 1 heterocycles. The number of carbonyl (C=O) groups excluding carboxylic acids is 3. The molecule has 1 aliphatic rings. The molecule has 1 fully saturated rings. The number of methoxy groups -OCH3 is 1. The Morgan fingerprint density at radius 3 is 2.63 bits per heavy atom. The lowest BCUT2D eigenvalue weighted by Crippen LogP contribution is -2.54. The number of anilines is 1. The number of allylic oxidation sites excluding steroid dienone is 1. The van der Waals surface area contributed by atoms with E-state index in [2.05, 4.69) is 11.9 Å². The Kier molecular flexibility index (Phi) is 6.14. The van der Waals surface area contributed by atoms with Crippen LogP contribution in [-0.2, 0) is 16.0 Å². The number of rotatable bonds is 5. The second-order valence-corrected chi connectivity index (χ2v) is 7.04. The molecule has 9 heteroatoms. The minimum atomic E-state index is -0.943. The average molecular weight is 447 g/mol. The normalized spacial score (nSPS) is 15.4. The number of carbonyl (C=O) groups is 3. The van der Waals surface area contributed by atoms with E-state index in [0.29, 0.717) is 17.5 Å². The number of urea groups is 1. The van der Waals surface area contributed by atoms with E-state index in [9.17, 15) is 19.5 Å². The molecule has 3 rings (SSSR count). The van der Waals surface area contributed by atoms with E-state index in [4.69, 9.17) is 27.9 Å². The zero-order valence-corrected chi connectivity index (χ0v) is 17.3. The van der Waals surface area contributed by atoms with Crippen molar-refractivity contribution in [1.29, 1.82) is 0 Å². The summed E-state index contributed by atoms with van der Waals surface area (Å²) >= 11 is 12.1. The van der Waals surface area contributed by atoms with Gasteiger partial charge in [-0.15, -0.1) is 6.58 Å². The molecule has 0 unspecified atom stereocenters. The van der Waals surface area contributed by atoms with Crippen molar-refractivity contribution in [2.24, 2.45) is 0 Å². The van der Waals surface area contributed by atoms with Crippen LogP contribution in [0.4, 0.5) is 10.5 Å². The maximum absolute atomic E-state index is 13.0. The molecule has 0 spiro atoms. The zero-order chi connectivity index (χ0) is 22.0. The van der Waals surface area contributed by atoms with Crippen LogP contribution < -0.4 is 15.0 Å². The molecule has 2 aromatic rings. The van der Waals surface area contributed by atoms with Gasteiger partial charge in [0, 0.05) is 5.56 Å². The van der Waals surface area contributed by atoms with Gasteiger partial charge in [-0.05, 0) is 42.3 Å². The van der Waals surface area contributed by atoms with E-state index in [1.165, 1.54) is 37.5 Å². The van der Waals surface area contributed by atoms with Crippen molar-refractivity contribution in [1.82, 2.24) is 5.32 Å². The van der Waals surface area contributed by atoms with Crippen LogP contribution in [0, 0.1) is 0 Å². The van der Waals surface area contributed by atoms with E-state index in [0.717, 1.165) is 4.90 Å². The lowest BCUT2D eigenvalue weighted by molar-refractivity contribution is -0.122. The highest BCUT2D eigenvalue weighted by Gasteiger charge is 2.38. The first-order valence-corrected chi connectivity index (χ1v) is 9.40. The van der Waals surface area contributed by atoms with Crippen LogP contribution in [0.2, 0.25) is 10.0 Å². The molecule has 30 heavy (non-hydrogen) atoms. The van der Waals surface area contributed by atoms with Gasteiger partial charge in [0.25, 0.3) is 11.8 Å². The van der Waals surface area contributed by atoms with Crippen LogP contribution in [0.3, 0.4) is 0 Å². The molecule has 0 atom stereocenters. The Morgan fingerprint density at radius 1 is 1.23 bits per heavy atom. The van der Waals surface area contributed by atoms with Crippen molar-refractivity contribution in [2.75, 3.05) is 12.0 Å². The number of halogens is 2. The van der Waals surface area contributed by atoms with Crippen LogP contribution in [0.1, 0.15) is 11.1 Å². The molecule has 4 amide bonds. The lowest BCUT2D eigenvalue weighted by atomic mass is 10.0. The number of ether oxygens (including phenoxy) is 1. The molecule has 2 N–H and O–H groups in total. The van der Waals surface area contributed by atoms with Crippen molar-refractivity contribution in [3.8, 4) is 11.5 Å². The molecule has 0 radical (unpaired) electrons.